The van der Waals surface area contributed by atoms with E-state index in [0.717, 1.165) is 35.5 Å². The van der Waals surface area contributed by atoms with Crippen molar-refractivity contribution >= 4 is 11.8 Å². The first-order valence-corrected chi connectivity index (χ1v) is 9.75. The van der Waals surface area contributed by atoms with Gasteiger partial charge in [-0.25, -0.2) is 0 Å². The largest absolute Gasteiger partial charge is 0.257 e. The van der Waals surface area contributed by atoms with E-state index in [9.17, 15) is 0 Å². The lowest BCUT2D eigenvalue weighted by Gasteiger charge is -2.36. The maximum atomic E-state index is 3.58. The van der Waals surface area contributed by atoms with Crippen molar-refractivity contribution in [2.75, 3.05) is 12.8 Å². The normalized spacial score (nSPS) is 35.0. The van der Waals surface area contributed by atoms with Gasteiger partial charge in [0.1, 0.15) is 0 Å². The van der Waals surface area contributed by atoms with E-state index >= 15 is 0 Å². The lowest BCUT2D eigenvalue weighted by atomic mass is 9.81. The van der Waals surface area contributed by atoms with Crippen molar-refractivity contribution < 1.29 is 0 Å². The predicted molar refractivity (Wildman–Crippen MR) is 93.0 cm³/mol. The van der Waals surface area contributed by atoms with Crippen LogP contribution in [-0.2, 0) is 0 Å². The first-order chi connectivity index (χ1) is 9.45. The Kier molecular flexibility index (Phi) is 8.54. The maximum absolute atomic E-state index is 3.58. The highest BCUT2D eigenvalue weighted by atomic mass is 32.2. The highest BCUT2D eigenvalue weighted by Gasteiger charge is 2.29. The minimum Gasteiger partial charge on any atom is -0.257 e. The van der Waals surface area contributed by atoms with Gasteiger partial charge < -0.3 is 0 Å². The van der Waals surface area contributed by atoms with Crippen LogP contribution in [0.4, 0.5) is 0 Å². The molecule has 5 unspecified atom stereocenters. The second-order valence-corrected chi connectivity index (χ2v) is 8.32. The van der Waals surface area contributed by atoms with Crippen molar-refractivity contribution in [3.63, 3.8) is 0 Å². The van der Waals surface area contributed by atoms with Crippen LogP contribution in [-0.4, -0.2) is 24.1 Å². The van der Waals surface area contributed by atoms with Crippen LogP contribution < -0.4 is 10.9 Å². The zero-order valence-corrected chi connectivity index (χ0v) is 15.2. The molecule has 1 aliphatic rings. The molecule has 1 aliphatic heterocycles. The molecular formula is C17H36N2S. The quantitative estimate of drug-likeness (QED) is 0.808. The average Bonchev–Trinajstić information content (AvgIpc) is 2.40. The number of hydrogen-bond acceptors (Lipinski definition) is 3. The Bertz CT molecular complexity index is 257. The second kappa shape index (κ2) is 9.32. The molecule has 5 atom stereocenters. The standard InChI is InChI=1S/C17H36N2S/c1-12(2)14(4)10-16-15(5)19-18-11-13(3)8-7-9-17(16)20-6/h12-19H,7-11H2,1-6H3. The van der Waals surface area contributed by atoms with E-state index in [4.69, 9.17) is 0 Å². The summed E-state index contributed by atoms with van der Waals surface area (Å²) in [4.78, 5) is 0. The van der Waals surface area contributed by atoms with Crippen LogP contribution in [0, 0.1) is 23.7 Å². The molecule has 1 heterocycles. The van der Waals surface area contributed by atoms with E-state index < -0.39 is 0 Å². The van der Waals surface area contributed by atoms with Gasteiger partial charge in [0.15, 0.2) is 0 Å². The molecule has 2 nitrogen and oxygen atoms in total. The van der Waals surface area contributed by atoms with Crippen LogP contribution in [0.1, 0.15) is 60.3 Å². The fourth-order valence-electron chi connectivity index (χ4n) is 3.16. The molecule has 1 fully saturated rings. The van der Waals surface area contributed by atoms with Gasteiger partial charge in [-0.2, -0.15) is 11.8 Å². The number of nitrogens with one attached hydrogen (secondary N) is 2. The maximum Gasteiger partial charge on any atom is 0.0223 e. The summed E-state index contributed by atoms with van der Waals surface area (Å²) in [7, 11) is 0. The Morgan fingerprint density at radius 2 is 1.85 bits per heavy atom. The summed E-state index contributed by atoms with van der Waals surface area (Å²) in [5.74, 6) is 3.14. The summed E-state index contributed by atoms with van der Waals surface area (Å²) in [6.07, 6.45) is 7.76. The number of hydrazine groups is 1. The van der Waals surface area contributed by atoms with E-state index in [1.165, 1.54) is 25.7 Å². The molecule has 0 aromatic heterocycles. The third kappa shape index (κ3) is 5.95. The van der Waals surface area contributed by atoms with Crippen LogP contribution >= 0.6 is 11.8 Å². The molecule has 0 bridgehead atoms. The lowest BCUT2D eigenvalue weighted by Crippen LogP contribution is -2.48. The van der Waals surface area contributed by atoms with Crippen molar-refractivity contribution in [2.24, 2.45) is 23.7 Å². The third-order valence-electron chi connectivity index (χ3n) is 5.17. The lowest BCUT2D eigenvalue weighted by molar-refractivity contribution is 0.230. The molecule has 1 saturated heterocycles. The van der Waals surface area contributed by atoms with Gasteiger partial charge in [0.2, 0.25) is 0 Å². The molecule has 0 saturated carbocycles. The monoisotopic (exact) mass is 300 g/mol. The Hall–Kier alpha value is 0.270. The van der Waals surface area contributed by atoms with Gasteiger partial charge in [-0.15, -0.1) is 0 Å². The minimum atomic E-state index is 0.555. The van der Waals surface area contributed by atoms with E-state index in [-0.39, 0.29) is 0 Å². The highest BCUT2D eigenvalue weighted by molar-refractivity contribution is 7.99. The SMILES string of the molecule is CSC1CCCC(C)CNNC(C)C1CC(C)C(C)C. The summed E-state index contributed by atoms with van der Waals surface area (Å²) in [5, 5.41) is 0.797. The van der Waals surface area contributed by atoms with E-state index in [0.29, 0.717) is 6.04 Å². The summed E-state index contributed by atoms with van der Waals surface area (Å²) < 4.78 is 0. The van der Waals surface area contributed by atoms with E-state index in [1.54, 1.807) is 0 Å². The van der Waals surface area contributed by atoms with Gasteiger partial charge in [0, 0.05) is 17.8 Å². The molecule has 0 aromatic carbocycles. The summed E-state index contributed by atoms with van der Waals surface area (Å²) in [5.41, 5.74) is 7.05. The number of thioether (sulfide) groups is 1. The summed E-state index contributed by atoms with van der Waals surface area (Å²) in [6.45, 7) is 12.9. The first-order valence-electron chi connectivity index (χ1n) is 8.46. The zero-order chi connectivity index (χ0) is 15.1. The van der Waals surface area contributed by atoms with Crippen LogP contribution in [0.5, 0.6) is 0 Å². The molecule has 2 N–H and O–H groups in total. The Balaban J connectivity index is 2.71. The fourth-order valence-corrected chi connectivity index (χ4v) is 4.26. The molecule has 0 amide bonds. The first kappa shape index (κ1) is 18.3. The van der Waals surface area contributed by atoms with Gasteiger partial charge >= 0.3 is 0 Å². The van der Waals surface area contributed by atoms with E-state index in [1.807, 2.05) is 0 Å². The minimum absolute atomic E-state index is 0.555. The smallest absolute Gasteiger partial charge is 0.0223 e. The molecule has 3 heteroatoms. The Labute approximate surface area is 131 Å². The molecular weight excluding hydrogens is 264 g/mol. The van der Waals surface area contributed by atoms with Gasteiger partial charge in [-0.1, -0.05) is 34.1 Å². The molecule has 0 aliphatic carbocycles. The van der Waals surface area contributed by atoms with Crippen molar-refractivity contribution in [3.05, 3.63) is 0 Å². The van der Waals surface area contributed by atoms with Crippen molar-refractivity contribution in [2.45, 2.75) is 71.6 Å². The van der Waals surface area contributed by atoms with Crippen LogP contribution in [0.2, 0.25) is 0 Å². The number of hydrogen-bond donors (Lipinski definition) is 2. The Morgan fingerprint density at radius 3 is 2.45 bits per heavy atom. The second-order valence-electron chi connectivity index (χ2n) is 7.25. The molecule has 120 valence electrons. The van der Waals surface area contributed by atoms with Gasteiger partial charge in [-0.05, 0) is 56.1 Å². The van der Waals surface area contributed by atoms with Crippen LogP contribution in [0.15, 0.2) is 0 Å². The molecule has 0 aromatic rings. The van der Waals surface area contributed by atoms with Crippen LogP contribution in [0.3, 0.4) is 0 Å². The fraction of sp³-hybridized carbons (Fsp3) is 1.00. The van der Waals surface area contributed by atoms with Gasteiger partial charge in [0.25, 0.3) is 0 Å². The zero-order valence-electron chi connectivity index (χ0n) is 14.4. The van der Waals surface area contributed by atoms with E-state index in [2.05, 4.69) is 63.5 Å². The van der Waals surface area contributed by atoms with Gasteiger partial charge in [-0.3, -0.25) is 10.9 Å². The van der Waals surface area contributed by atoms with Crippen molar-refractivity contribution in [1.82, 2.24) is 10.9 Å². The summed E-state index contributed by atoms with van der Waals surface area (Å²) >= 11 is 2.08. The molecule has 1 rings (SSSR count). The molecule has 0 spiro atoms. The Morgan fingerprint density at radius 1 is 1.15 bits per heavy atom. The summed E-state index contributed by atoms with van der Waals surface area (Å²) in [6, 6.07) is 0.555. The predicted octanol–water partition coefficient (Wildman–Crippen LogP) is 4.32. The molecule has 0 radical (unpaired) electrons. The highest BCUT2D eigenvalue weighted by Crippen LogP contribution is 2.33. The third-order valence-corrected chi connectivity index (χ3v) is 6.36. The molecule has 20 heavy (non-hydrogen) atoms. The van der Waals surface area contributed by atoms with Crippen molar-refractivity contribution in [1.29, 1.82) is 0 Å². The number of rotatable bonds is 4. The van der Waals surface area contributed by atoms with Crippen LogP contribution in [0.25, 0.3) is 0 Å². The van der Waals surface area contributed by atoms with Gasteiger partial charge in [0.05, 0.1) is 0 Å². The average molecular weight is 301 g/mol. The topological polar surface area (TPSA) is 24.1 Å². The van der Waals surface area contributed by atoms with Crippen molar-refractivity contribution in [3.8, 4) is 0 Å².